The van der Waals surface area contributed by atoms with Gasteiger partial charge in [-0.25, -0.2) is 0 Å². The van der Waals surface area contributed by atoms with E-state index in [1.54, 1.807) is 0 Å². The van der Waals surface area contributed by atoms with Gasteiger partial charge in [0.1, 0.15) is 0 Å². The highest BCUT2D eigenvalue weighted by Gasteiger charge is 2.27. The van der Waals surface area contributed by atoms with E-state index in [1.807, 2.05) is 12.1 Å². The fraction of sp³-hybridized carbons (Fsp3) is 0.647. The maximum atomic E-state index is 6.47. The lowest BCUT2D eigenvalue weighted by Crippen LogP contribution is -2.50. The second kappa shape index (κ2) is 6.99. The zero-order valence-electron chi connectivity index (χ0n) is 12.7. The van der Waals surface area contributed by atoms with Crippen molar-refractivity contribution in [3.63, 3.8) is 0 Å². The van der Waals surface area contributed by atoms with Crippen LogP contribution in [0.4, 0.5) is 5.69 Å². The van der Waals surface area contributed by atoms with Crippen LogP contribution in [0.25, 0.3) is 0 Å². The molecule has 1 aliphatic carbocycles. The summed E-state index contributed by atoms with van der Waals surface area (Å²) in [5.74, 6) is 0. The van der Waals surface area contributed by atoms with E-state index in [4.69, 9.17) is 17.3 Å². The maximum absolute atomic E-state index is 6.47. The number of halogens is 1. The molecule has 0 aromatic heterocycles. The summed E-state index contributed by atoms with van der Waals surface area (Å²) < 4.78 is 0. The number of nitrogens with two attached hydrogens (primary N) is 1. The second-order valence-electron chi connectivity index (χ2n) is 6.25. The van der Waals surface area contributed by atoms with Gasteiger partial charge in [0.25, 0.3) is 0 Å². The minimum Gasteiger partial charge on any atom is -0.368 e. The zero-order valence-corrected chi connectivity index (χ0v) is 13.5. The summed E-state index contributed by atoms with van der Waals surface area (Å²) in [6.45, 7) is 5.17. The van der Waals surface area contributed by atoms with Crippen molar-refractivity contribution in [1.82, 2.24) is 4.90 Å². The van der Waals surface area contributed by atoms with E-state index in [0.29, 0.717) is 6.54 Å². The number of benzene rings is 1. The molecule has 0 bridgehead atoms. The van der Waals surface area contributed by atoms with Crippen molar-refractivity contribution in [3.05, 3.63) is 28.8 Å². The topological polar surface area (TPSA) is 32.5 Å². The Balaban J connectivity index is 1.68. The Hall–Kier alpha value is -0.770. The third-order valence-electron chi connectivity index (χ3n) is 4.96. The molecule has 1 aliphatic heterocycles. The molecule has 0 spiro atoms. The smallest absolute Gasteiger partial charge is 0.0642 e. The van der Waals surface area contributed by atoms with Crippen LogP contribution in [0.3, 0.4) is 0 Å². The second-order valence-corrected chi connectivity index (χ2v) is 6.65. The molecule has 1 aromatic carbocycles. The molecule has 0 unspecified atom stereocenters. The highest BCUT2D eigenvalue weighted by molar-refractivity contribution is 6.33. The largest absolute Gasteiger partial charge is 0.368 e. The van der Waals surface area contributed by atoms with Crippen molar-refractivity contribution in [2.45, 2.75) is 38.1 Å². The quantitative estimate of drug-likeness (QED) is 0.928. The first-order valence-electron chi connectivity index (χ1n) is 8.26. The molecular formula is C17H26ClN3. The highest BCUT2D eigenvalue weighted by atomic mass is 35.5. The molecular weight excluding hydrogens is 282 g/mol. The first kappa shape index (κ1) is 15.1. The molecule has 1 aromatic rings. The van der Waals surface area contributed by atoms with Gasteiger partial charge in [-0.3, -0.25) is 4.90 Å². The van der Waals surface area contributed by atoms with Crippen LogP contribution in [0.5, 0.6) is 0 Å². The predicted molar refractivity (Wildman–Crippen MR) is 90.3 cm³/mol. The number of hydrogen-bond acceptors (Lipinski definition) is 3. The third-order valence-corrected chi connectivity index (χ3v) is 5.26. The Morgan fingerprint density at radius 1 is 1.10 bits per heavy atom. The van der Waals surface area contributed by atoms with Gasteiger partial charge in [-0.15, -0.1) is 0 Å². The van der Waals surface area contributed by atoms with Crippen LogP contribution >= 0.6 is 11.6 Å². The number of anilines is 1. The predicted octanol–water partition coefficient (Wildman–Crippen LogP) is 2.91. The normalized spacial score (nSPS) is 21.1. The Bertz CT molecular complexity index is 463. The van der Waals surface area contributed by atoms with Crippen LogP contribution in [-0.4, -0.2) is 43.7 Å². The van der Waals surface area contributed by atoms with E-state index in [-0.39, 0.29) is 0 Å². The molecule has 3 nitrogen and oxygen atoms in total. The summed E-state index contributed by atoms with van der Waals surface area (Å²) in [6, 6.07) is 7.03. The Morgan fingerprint density at radius 3 is 2.48 bits per heavy atom. The number of nitrogens with zero attached hydrogens (tertiary/aromatic N) is 2. The molecule has 2 fully saturated rings. The average molecular weight is 308 g/mol. The standard InChI is InChI=1S/C17H26ClN3/c18-16-7-3-4-14(8-9-19)17(16)21-12-10-20(11-13-21)15-5-1-2-6-15/h3-4,7,15H,1-2,5-6,8-13,19H2. The van der Waals surface area contributed by atoms with Gasteiger partial charge >= 0.3 is 0 Å². The van der Waals surface area contributed by atoms with E-state index < -0.39 is 0 Å². The van der Waals surface area contributed by atoms with Gasteiger partial charge in [-0.05, 0) is 37.4 Å². The van der Waals surface area contributed by atoms with Gasteiger partial charge in [0.05, 0.1) is 10.7 Å². The van der Waals surface area contributed by atoms with E-state index in [2.05, 4.69) is 15.9 Å². The van der Waals surface area contributed by atoms with Crippen LogP contribution in [0.2, 0.25) is 5.02 Å². The lowest BCUT2D eigenvalue weighted by atomic mass is 10.1. The average Bonchev–Trinajstić information content (AvgIpc) is 3.02. The minimum absolute atomic E-state index is 0.676. The zero-order chi connectivity index (χ0) is 14.7. The third kappa shape index (κ3) is 3.36. The molecule has 0 radical (unpaired) electrons. The SMILES string of the molecule is NCCc1cccc(Cl)c1N1CCN(C2CCCC2)CC1. The van der Waals surface area contributed by atoms with Crippen LogP contribution in [0.1, 0.15) is 31.2 Å². The van der Waals surface area contributed by atoms with Crippen molar-refractivity contribution in [1.29, 1.82) is 0 Å². The fourth-order valence-corrected chi connectivity index (χ4v) is 4.17. The molecule has 1 saturated heterocycles. The number of rotatable bonds is 4. The van der Waals surface area contributed by atoms with Gasteiger partial charge in [0.15, 0.2) is 0 Å². The summed E-state index contributed by atoms with van der Waals surface area (Å²) >= 11 is 6.47. The molecule has 0 atom stereocenters. The van der Waals surface area contributed by atoms with Crippen LogP contribution in [0, 0.1) is 0 Å². The monoisotopic (exact) mass is 307 g/mol. The van der Waals surface area contributed by atoms with E-state index in [0.717, 1.165) is 43.7 Å². The summed E-state index contributed by atoms with van der Waals surface area (Å²) in [4.78, 5) is 5.14. The summed E-state index contributed by atoms with van der Waals surface area (Å²) in [7, 11) is 0. The van der Waals surface area contributed by atoms with E-state index in [1.165, 1.54) is 36.9 Å². The van der Waals surface area contributed by atoms with Gasteiger partial charge in [-0.1, -0.05) is 36.6 Å². The van der Waals surface area contributed by atoms with Crippen molar-refractivity contribution in [3.8, 4) is 0 Å². The van der Waals surface area contributed by atoms with Crippen molar-refractivity contribution < 1.29 is 0 Å². The van der Waals surface area contributed by atoms with Gasteiger partial charge < -0.3 is 10.6 Å². The molecule has 0 amide bonds. The maximum Gasteiger partial charge on any atom is 0.0642 e. The van der Waals surface area contributed by atoms with Crippen LogP contribution < -0.4 is 10.6 Å². The van der Waals surface area contributed by atoms with Crippen LogP contribution in [-0.2, 0) is 6.42 Å². The summed E-state index contributed by atoms with van der Waals surface area (Å²) in [6.07, 6.45) is 6.51. The van der Waals surface area contributed by atoms with Crippen molar-refractivity contribution >= 4 is 17.3 Å². The molecule has 1 heterocycles. The van der Waals surface area contributed by atoms with Crippen LogP contribution in [0.15, 0.2) is 18.2 Å². The number of piperazine rings is 1. The molecule has 116 valence electrons. The molecule has 2 aliphatic rings. The van der Waals surface area contributed by atoms with E-state index in [9.17, 15) is 0 Å². The molecule has 3 rings (SSSR count). The Labute approximate surface area is 133 Å². The van der Waals surface area contributed by atoms with Gasteiger partial charge in [-0.2, -0.15) is 0 Å². The first-order valence-corrected chi connectivity index (χ1v) is 8.64. The summed E-state index contributed by atoms with van der Waals surface area (Å²) in [5, 5.41) is 0.871. The van der Waals surface area contributed by atoms with Gasteiger partial charge in [0.2, 0.25) is 0 Å². The highest BCUT2D eigenvalue weighted by Crippen LogP contribution is 2.32. The van der Waals surface area contributed by atoms with Crippen molar-refractivity contribution in [2.75, 3.05) is 37.6 Å². The first-order chi connectivity index (χ1) is 10.3. The summed E-state index contributed by atoms with van der Waals surface area (Å²) in [5.41, 5.74) is 8.25. The Morgan fingerprint density at radius 2 is 1.81 bits per heavy atom. The fourth-order valence-electron chi connectivity index (χ4n) is 3.85. The molecule has 21 heavy (non-hydrogen) atoms. The van der Waals surface area contributed by atoms with Crippen molar-refractivity contribution in [2.24, 2.45) is 5.73 Å². The Kier molecular flexibility index (Phi) is 5.04. The van der Waals surface area contributed by atoms with E-state index >= 15 is 0 Å². The lowest BCUT2D eigenvalue weighted by Gasteiger charge is -2.40. The lowest BCUT2D eigenvalue weighted by molar-refractivity contribution is 0.187. The van der Waals surface area contributed by atoms with Gasteiger partial charge in [0, 0.05) is 32.2 Å². The molecule has 4 heteroatoms. The number of para-hydroxylation sites is 1. The minimum atomic E-state index is 0.676. The molecule has 1 saturated carbocycles. The number of hydrogen-bond donors (Lipinski definition) is 1. The molecule has 2 N–H and O–H groups in total.